The second-order valence-electron chi connectivity index (χ2n) is 4.96. The van der Waals surface area contributed by atoms with Crippen molar-refractivity contribution >= 4 is 11.4 Å². The van der Waals surface area contributed by atoms with E-state index in [0.29, 0.717) is 0 Å². The van der Waals surface area contributed by atoms with E-state index in [9.17, 15) is 0 Å². The van der Waals surface area contributed by atoms with Gasteiger partial charge in [0.25, 0.3) is 0 Å². The molecule has 5 rings (SSSR count). The van der Waals surface area contributed by atoms with Crippen molar-refractivity contribution in [3.8, 4) is 11.1 Å². The van der Waals surface area contributed by atoms with Crippen molar-refractivity contribution in [1.82, 2.24) is 0 Å². The fourth-order valence-corrected chi connectivity index (χ4v) is 2.97. The summed E-state index contributed by atoms with van der Waals surface area (Å²) < 4.78 is 16.1. The molecule has 0 unspecified atom stereocenters. The zero-order valence-corrected chi connectivity index (χ0v) is 10.5. The number of hydrogen-bond acceptors (Lipinski definition) is 2. The molecule has 0 fully saturated rings. The van der Waals surface area contributed by atoms with Crippen molar-refractivity contribution in [1.29, 1.82) is 0 Å². The second kappa shape index (κ2) is 3.42. The van der Waals surface area contributed by atoms with E-state index < -0.39 is 0 Å². The maximum atomic E-state index is 8.24. The summed E-state index contributed by atoms with van der Waals surface area (Å²) in [5.41, 5.74) is 3.26. The molecule has 0 amide bonds. The van der Waals surface area contributed by atoms with Crippen LogP contribution in [-0.2, 0) is 0 Å². The molecule has 0 spiro atoms. The highest BCUT2D eigenvalue weighted by atomic mass is 14.8. The van der Waals surface area contributed by atoms with Gasteiger partial charge in [-0.2, -0.15) is 0 Å². The number of para-hydroxylation sites is 2. The Morgan fingerprint density at radius 2 is 1.75 bits per heavy atom. The Kier molecular flexibility index (Phi) is 1.44. The molecular weight excluding hydrogens is 244 g/mol. The largest absolute Gasteiger partial charge is 0.248 e. The number of hydrogen-bond donors (Lipinski definition) is 0. The lowest BCUT2D eigenvalue weighted by atomic mass is 10.0. The van der Waals surface area contributed by atoms with E-state index in [1.807, 2.05) is 36.4 Å². The van der Waals surface area contributed by atoms with Gasteiger partial charge in [-0.25, -0.2) is 9.98 Å². The van der Waals surface area contributed by atoms with Gasteiger partial charge < -0.3 is 0 Å². The second-order valence-corrected chi connectivity index (χ2v) is 4.96. The van der Waals surface area contributed by atoms with Crippen LogP contribution in [0.1, 0.15) is 2.74 Å². The van der Waals surface area contributed by atoms with Crippen LogP contribution >= 0.6 is 0 Å². The third-order valence-electron chi connectivity index (χ3n) is 3.85. The van der Waals surface area contributed by atoms with Crippen molar-refractivity contribution in [2.24, 2.45) is 9.98 Å². The first-order valence-electron chi connectivity index (χ1n) is 7.54. The number of rotatable bonds is 0. The summed E-state index contributed by atoms with van der Waals surface area (Å²) in [7, 11) is 0. The van der Waals surface area contributed by atoms with Crippen LogP contribution in [0.4, 0.5) is 11.4 Å². The Morgan fingerprint density at radius 1 is 0.800 bits per heavy atom. The van der Waals surface area contributed by atoms with Crippen LogP contribution in [0, 0.1) is 10.4 Å². The highest BCUT2D eigenvalue weighted by Crippen LogP contribution is 2.38. The monoisotopic (exact) mass is 256 g/mol. The van der Waals surface area contributed by atoms with Crippen LogP contribution in [0.3, 0.4) is 0 Å². The molecule has 0 aromatic heterocycles. The Labute approximate surface area is 117 Å². The fraction of sp³-hybridized carbons (Fsp3) is 0. The first-order valence-corrected chi connectivity index (χ1v) is 6.54. The van der Waals surface area contributed by atoms with Crippen LogP contribution in [0.2, 0.25) is 0 Å². The maximum Gasteiger partial charge on any atom is 0.0817 e. The molecule has 0 N–H and O–H groups in total. The first-order chi connectivity index (χ1) is 10.7. The normalized spacial score (nSPS) is 14.2. The minimum Gasteiger partial charge on any atom is -0.248 e. The smallest absolute Gasteiger partial charge is 0.0817 e. The van der Waals surface area contributed by atoms with Gasteiger partial charge >= 0.3 is 0 Å². The fourth-order valence-electron chi connectivity index (χ4n) is 2.97. The lowest BCUT2D eigenvalue weighted by Gasteiger charge is -2.01. The Bertz CT molecular complexity index is 1200. The maximum absolute atomic E-state index is 8.24. The Morgan fingerprint density at radius 3 is 2.75 bits per heavy atom. The number of fused-ring (bicyclic) bond motifs is 6. The molecule has 3 aromatic carbocycles. The van der Waals surface area contributed by atoms with Crippen molar-refractivity contribution in [3.05, 3.63) is 81.8 Å². The molecule has 0 saturated heterocycles. The summed E-state index contributed by atoms with van der Waals surface area (Å²) in [6.45, 7) is 0. The molecular formula is C18H10N2. The molecule has 92 valence electrons. The molecule has 20 heavy (non-hydrogen) atoms. The van der Waals surface area contributed by atoms with E-state index in [1.165, 1.54) is 0 Å². The molecule has 0 bridgehead atoms. The standard InChI is InChI=1S/C18H10N2/c1-3-7-14-11(5-1)12-9-10-16-17(18(12)20-14)13-6-2-4-8-15(13)19-16/h1-10H/i2D,6D. The molecule has 2 aliphatic rings. The van der Waals surface area contributed by atoms with Gasteiger partial charge in [0.1, 0.15) is 0 Å². The van der Waals surface area contributed by atoms with Gasteiger partial charge in [0.15, 0.2) is 0 Å². The quantitative estimate of drug-likeness (QED) is 0.406. The zero-order valence-electron chi connectivity index (χ0n) is 12.5. The average molecular weight is 256 g/mol. The van der Waals surface area contributed by atoms with Crippen molar-refractivity contribution < 1.29 is 2.74 Å². The lowest BCUT2D eigenvalue weighted by molar-refractivity contribution is 1.36. The average Bonchev–Trinajstić information content (AvgIpc) is 3.09. The summed E-state index contributed by atoms with van der Waals surface area (Å²) in [5, 5.41) is 3.98. The van der Waals surface area contributed by atoms with Gasteiger partial charge in [-0.05, 0) is 24.3 Å². The molecule has 2 heterocycles. The summed E-state index contributed by atoms with van der Waals surface area (Å²) in [6, 6.07) is 15.9. The van der Waals surface area contributed by atoms with E-state index in [4.69, 9.17) is 7.73 Å². The van der Waals surface area contributed by atoms with E-state index in [0.717, 1.165) is 43.7 Å². The van der Waals surface area contributed by atoms with E-state index >= 15 is 0 Å². The molecule has 0 atom stereocenters. The van der Waals surface area contributed by atoms with Crippen LogP contribution in [-0.4, -0.2) is 0 Å². The topological polar surface area (TPSA) is 24.7 Å². The third-order valence-corrected chi connectivity index (χ3v) is 3.85. The van der Waals surface area contributed by atoms with Gasteiger partial charge in [0.2, 0.25) is 0 Å². The molecule has 2 heteroatoms. The number of benzene rings is 3. The van der Waals surface area contributed by atoms with Crippen LogP contribution in [0.5, 0.6) is 0 Å². The van der Waals surface area contributed by atoms with Gasteiger partial charge in [-0.3, -0.25) is 0 Å². The predicted octanol–water partition coefficient (Wildman–Crippen LogP) is 3.17. The lowest BCUT2D eigenvalue weighted by Crippen LogP contribution is -2.00. The minimum atomic E-state index is 0.218. The zero-order chi connectivity index (χ0) is 14.8. The molecule has 0 radical (unpaired) electrons. The molecule has 2 aliphatic heterocycles. The van der Waals surface area contributed by atoms with Crippen molar-refractivity contribution in [2.75, 3.05) is 0 Å². The Hall–Kier alpha value is -2.74. The minimum absolute atomic E-state index is 0.218. The summed E-state index contributed by atoms with van der Waals surface area (Å²) in [5.74, 6) is 0. The predicted molar refractivity (Wildman–Crippen MR) is 77.6 cm³/mol. The molecule has 0 aliphatic carbocycles. The van der Waals surface area contributed by atoms with Gasteiger partial charge in [0, 0.05) is 21.6 Å². The highest BCUT2D eigenvalue weighted by molar-refractivity contribution is 5.86. The van der Waals surface area contributed by atoms with Crippen LogP contribution in [0.15, 0.2) is 70.6 Å². The van der Waals surface area contributed by atoms with E-state index in [2.05, 4.69) is 11.1 Å². The van der Waals surface area contributed by atoms with Gasteiger partial charge in [0.05, 0.1) is 24.8 Å². The van der Waals surface area contributed by atoms with Gasteiger partial charge in [-0.15, -0.1) is 0 Å². The SMILES string of the molecule is [2H]c1ccc2c(c1[2H])-c1c3c(ccc1=N2)=c1ccccc1=N3. The third kappa shape index (κ3) is 1.14. The number of nitrogens with zero attached hydrogens (tertiary/aromatic N) is 2. The summed E-state index contributed by atoms with van der Waals surface area (Å²) in [6.07, 6.45) is 0. The van der Waals surface area contributed by atoms with Crippen LogP contribution < -0.4 is 10.7 Å². The van der Waals surface area contributed by atoms with Gasteiger partial charge in [-0.1, -0.05) is 36.4 Å². The van der Waals surface area contributed by atoms with Crippen molar-refractivity contribution in [2.45, 2.75) is 0 Å². The van der Waals surface area contributed by atoms with E-state index in [1.54, 1.807) is 6.07 Å². The van der Waals surface area contributed by atoms with Crippen molar-refractivity contribution in [3.63, 3.8) is 0 Å². The first kappa shape index (κ1) is 8.43. The van der Waals surface area contributed by atoms with Crippen LogP contribution in [0.25, 0.3) is 11.1 Å². The molecule has 2 nitrogen and oxygen atoms in total. The Balaban J connectivity index is 2.01. The summed E-state index contributed by atoms with van der Waals surface area (Å²) in [4.78, 5) is 9.35. The summed E-state index contributed by atoms with van der Waals surface area (Å²) >= 11 is 0. The molecule has 0 saturated carbocycles. The highest BCUT2D eigenvalue weighted by Gasteiger charge is 2.19. The molecule has 3 aromatic rings. The van der Waals surface area contributed by atoms with E-state index in [-0.39, 0.29) is 12.1 Å².